The highest BCUT2D eigenvalue weighted by molar-refractivity contribution is 5.92. The number of aromatic nitrogens is 2. The van der Waals surface area contributed by atoms with E-state index in [2.05, 4.69) is 16.5 Å². The van der Waals surface area contributed by atoms with Crippen molar-refractivity contribution in [2.24, 2.45) is 0 Å². The van der Waals surface area contributed by atoms with Gasteiger partial charge in [0.1, 0.15) is 5.82 Å². The minimum Gasteiger partial charge on any atom is -0.478 e. The summed E-state index contributed by atoms with van der Waals surface area (Å²) in [5, 5.41) is 8.96. The number of imidazole rings is 1. The van der Waals surface area contributed by atoms with Gasteiger partial charge in [0, 0.05) is 6.54 Å². The zero-order valence-corrected chi connectivity index (χ0v) is 10.8. The zero-order chi connectivity index (χ0) is 13.1. The molecule has 1 N–H and O–H groups in total. The first kappa shape index (κ1) is 12.6. The Morgan fingerprint density at radius 1 is 1.39 bits per heavy atom. The molecule has 0 radical (unpaired) electrons. The predicted molar refractivity (Wildman–Crippen MR) is 71.0 cm³/mol. The third kappa shape index (κ3) is 2.37. The van der Waals surface area contributed by atoms with Gasteiger partial charge in [-0.05, 0) is 31.5 Å². The van der Waals surface area contributed by atoms with Crippen LogP contribution >= 0.6 is 0 Å². The number of carbonyl (C=O) groups is 1. The van der Waals surface area contributed by atoms with Crippen LogP contribution in [0.1, 0.15) is 42.4 Å². The number of hydrogen-bond donors (Lipinski definition) is 1. The van der Waals surface area contributed by atoms with E-state index >= 15 is 0 Å². The van der Waals surface area contributed by atoms with Crippen LogP contribution in [0.5, 0.6) is 0 Å². The van der Waals surface area contributed by atoms with Crippen LogP contribution < -0.4 is 0 Å². The molecular weight excluding hydrogens is 228 g/mol. The number of unbranched alkanes of at least 4 members (excludes halogenated alkanes) is 2. The summed E-state index contributed by atoms with van der Waals surface area (Å²) in [5.41, 5.74) is 2.08. The Kier molecular flexibility index (Phi) is 3.65. The molecule has 0 aliphatic carbocycles. The summed E-state index contributed by atoms with van der Waals surface area (Å²) in [5.74, 6) is 0.0405. The highest BCUT2D eigenvalue weighted by atomic mass is 16.4. The number of benzene rings is 1. The lowest BCUT2D eigenvalue weighted by atomic mass is 10.2. The van der Waals surface area contributed by atoms with Crippen molar-refractivity contribution in [3.8, 4) is 0 Å². The van der Waals surface area contributed by atoms with E-state index in [4.69, 9.17) is 5.11 Å². The first-order chi connectivity index (χ1) is 8.63. The van der Waals surface area contributed by atoms with Gasteiger partial charge in [0.2, 0.25) is 0 Å². The van der Waals surface area contributed by atoms with E-state index in [1.807, 2.05) is 13.0 Å². The summed E-state index contributed by atoms with van der Waals surface area (Å²) in [6.07, 6.45) is 3.52. The van der Waals surface area contributed by atoms with Crippen molar-refractivity contribution in [3.63, 3.8) is 0 Å². The molecule has 0 saturated heterocycles. The van der Waals surface area contributed by atoms with Crippen LogP contribution in [0.4, 0.5) is 0 Å². The molecule has 1 aromatic carbocycles. The number of hydrogen-bond acceptors (Lipinski definition) is 2. The maximum atomic E-state index is 10.9. The van der Waals surface area contributed by atoms with Gasteiger partial charge in [-0.2, -0.15) is 0 Å². The van der Waals surface area contributed by atoms with E-state index in [0.717, 1.165) is 29.8 Å². The molecular formula is C14H18N2O2. The van der Waals surface area contributed by atoms with Gasteiger partial charge < -0.3 is 9.67 Å². The van der Waals surface area contributed by atoms with Crippen LogP contribution in [0.25, 0.3) is 11.0 Å². The van der Waals surface area contributed by atoms with E-state index in [0.29, 0.717) is 5.56 Å². The number of carboxylic acid groups (broad SMARTS) is 1. The third-order valence-corrected chi connectivity index (χ3v) is 3.17. The SMILES string of the molecule is CCCCCn1c(C)nc2cc(C(=O)O)ccc21. The summed E-state index contributed by atoms with van der Waals surface area (Å²) in [4.78, 5) is 15.3. The smallest absolute Gasteiger partial charge is 0.335 e. The Morgan fingerprint density at radius 3 is 2.83 bits per heavy atom. The van der Waals surface area contributed by atoms with E-state index in [-0.39, 0.29) is 0 Å². The number of carboxylic acids is 1. The fourth-order valence-corrected chi connectivity index (χ4v) is 2.19. The molecule has 0 unspecified atom stereocenters. The van der Waals surface area contributed by atoms with Gasteiger partial charge in [-0.3, -0.25) is 0 Å². The topological polar surface area (TPSA) is 55.1 Å². The average molecular weight is 246 g/mol. The lowest BCUT2D eigenvalue weighted by Gasteiger charge is -2.06. The van der Waals surface area contributed by atoms with Gasteiger partial charge in [-0.15, -0.1) is 0 Å². The second-order valence-corrected chi connectivity index (χ2v) is 4.53. The maximum absolute atomic E-state index is 10.9. The first-order valence-electron chi connectivity index (χ1n) is 6.33. The van der Waals surface area contributed by atoms with Gasteiger partial charge in [0.15, 0.2) is 0 Å². The van der Waals surface area contributed by atoms with Crippen molar-refractivity contribution in [2.75, 3.05) is 0 Å². The molecule has 0 spiro atoms. The lowest BCUT2D eigenvalue weighted by Crippen LogP contribution is -2.00. The highest BCUT2D eigenvalue weighted by Crippen LogP contribution is 2.18. The van der Waals surface area contributed by atoms with Crippen LogP contribution in [0.15, 0.2) is 18.2 Å². The largest absolute Gasteiger partial charge is 0.478 e. The van der Waals surface area contributed by atoms with Gasteiger partial charge in [-0.1, -0.05) is 19.8 Å². The first-order valence-corrected chi connectivity index (χ1v) is 6.33. The lowest BCUT2D eigenvalue weighted by molar-refractivity contribution is 0.0697. The summed E-state index contributed by atoms with van der Waals surface area (Å²) >= 11 is 0. The third-order valence-electron chi connectivity index (χ3n) is 3.17. The van der Waals surface area contributed by atoms with E-state index in [1.54, 1.807) is 12.1 Å². The molecule has 0 saturated carbocycles. The quantitative estimate of drug-likeness (QED) is 0.824. The van der Waals surface area contributed by atoms with Crippen molar-refractivity contribution in [3.05, 3.63) is 29.6 Å². The maximum Gasteiger partial charge on any atom is 0.335 e. The number of aromatic carboxylic acids is 1. The number of rotatable bonds is 5. The molecule has 2 aromatic rings. The summed E-state index contributed by atoms with van der Waals surface area (Å²) < 4.78 is 2.16. The number of nitrogens with zero attached hydrogens (tertiary/aromatic N) is 2. The molecule has 0 atom stereocenters. The molecule has 1 heterocycles. The molecule has 0 aliphatic heterocycles. The Bertz CT molecular complexity index is 572. The van der Waals surface area contributed by atoms with Crippen LogP contribution in [0.3, 0.4) is 0 Å². The summed E-state index contributed by atoms with van der Waals surface area (Å²) in [6, 6.07) is 5.13. The summed E-state index contributed by atoms with van der Waals surface area (Å²) in [6.45, 7) is 5.09. The predicted octanol–water partition coefficient (Wildman–Crippen LogP) is 3.23. The monoisotopic (exact) mass is 246 g/mol. The second kappa shape index (κ2) is 5.21. The van der Waals surface area contributed by atoms with E-state index < -0.39 is 5.97 Å². The Labute approximate surface area is 106 Å². The fourth-order valence-electron chi connectivity index (χ4n) is 2.19. The molecule has 4 nitrogen and oxygen atoms in total. The summed E-state index contributed by atoms with van der Waals surface area (Å²) in [7, 11) is 0. The zero-order valence-electron chi connectivity index (χ0n) is 10.8. The molecule has 0 fully saturated rings. The average Bonchev–Trinajstić information content (AvgIpc) is 2.65. The van der Waals surface area contributed by atoms with Crippen LogP contribution in [-0.2, 0) is 6.54 Å². The minimum atomic E-state index is -0.907. The van der Waals surface area contributed by atoms with Crippen LogP contribution in [0, 0.1) is 6.92 Å². The van der Waals surface area contributed by atoms with Gasteiger partial charge in [-0.25, -0.2) is 9.78 Å². The molecule has 1 aromatic heterocycles. The van der Waals surface area contributed by atoms with Crippen molar-refractivity contribution in [1.29, 1.82) is 0 Å². The normalized spacial score (nSPS) is 11.0. The Hall–Kier alpha value is -1.84. The molecule has 2 rings (SSSR count). The van der Waals surface area contributed by atoms with Crippen LogP contribution in [-0.4, -0.2) is 20.6 Å². The molecule has 4 heteroatoms. The molecule has 96 valence electrons. The van der Waals surface area contributed by atoms with E-state index in [9.17, 15) is 4.79 Å². The van der Waals surface area contributed by atoms with Crippen molar-refractivity contribution >= 4 is 17.0 Å². The van der Waals surface area contributed by atoms with Gasteiger partial charge in [0.25, 0.3) is 0 Å². The number of fused-ring (bicyclic) bond motifs is 1. The Balaban J connectivity index is 2.36. The fraction of sp³-hybridized carbons (Fsp3) is 0.429. The van der Waals surface area contributed by atoms with Gasteiger partial charge >= 0.3 is 5.97 Å². The van der Waals surface area contributed by atoms with Crippen molar-refractivity contribution in [1.82, 2.24) is 9.55 Å². The van der Waals surface area contributed by atoms with Gasteiger partial charge in [0.05, 0.1) is 16.6 Å². The second-order valence-electron chi connectivity index (χ2n) is 4.53. The van der Waals surface area contributed by atoms with Crippen molar-refractivity contribution < 1.29 is 9.90 Å². The van der Waals surface area contributed by atoms with Crippen molar-refractivity contribution in [2.45, 2.75) is 39.7 Å². The standard InChI is InChI=1S/C14H18N2O2/c1-3-4-5-8-16-10(2)15-12-9-11(14(17)18)6-7-13(12)16/h6-7,9H,3-5,8H2,1-2H3,(H,17,18). The van der Waals surface area contributed by atoms with Crippen LogP contribution in [0.2, 0.25) is 0 Å². The number of aryl methyl sites for hydroxylation is 2. The molecule has 0 bridgehead atoms. The highest BCUT2D eigenvalue weighted by Gasteiger charge is 2.10. The molecule has 0 amide bonds. The Morgan fingerprint density at radius 2 is 2.17 bits per heavy atom. The van der Waals surface area contributed by atoms with E-state index in [1.165, 1.54) is 12.8 Å². The minimum absolute atomic E-state index is 0.292. The molecule has 0 aliphatic rings. The molecule has 18 heavy (non-hydrogen) atoms.